The zero-order valence-corrected chi connectivity index (χ0v) is 5.32. The van der Waals surface area contributed by atoms with E-state index in [0.717, 1.165) is 11.4 Å². The van der Waals surface area contributed by atoms with Gasteiger partial charge in [-0.15, -0.1) is 10.2 Å². The van der Waals surface area contributed by atoms with Gasteiger partial charge in [-0.2, -0.15) is 0 Å². The van der Waals surface area contributed by atoms with Gasteiger partial charge < -0.3 is 4.74 Å². The SMILES string of the molecule is c1ccc2c(c1)N=NCO2. The highest BCUT2D eigenvalue weighted by atomic mass is 16.5. The summed E-state index contributed by atoms with van der Waals surface area (Å²) in [6.07, 6.45) is 0. The molecule has 0 radical (unpaired) electrons. The van der Waals surface area contributed by atoms with Crippen molar-refractivity contribution in [2.24, 2.45) is 10.2 Å². The zero-order chi connectivity index (χ0) is 6.81. The minimum absolute atomic E-state index is 0.344. The molecule has 1 aromatic carbocycles. The summed E-state index contributed by atoms with van der Waals surface area (Å²) in [5.41, 5.74) is 0.814. The molecule has 0 aliphatic carbocycles. The molecule has 10 heavy (non-hydrogen) atoms. The van der Waals surface area contributed by atoms with Crippen LogP contribution in [-0.2, 0) is 0 Å². The predicted molar refractivity (Wildman–Crippen MR) is 36.5 cm³/mol. The summed E-state index contributed by atoms with van der Waals surface area (Å²) in [5.74, 6) is 0.817. The maximum absolute atomic E-state index is 5.16. The van der Waals surface area contributed by atoms with Crippen molar-refractivity contribution in [2.45, 2.75) is 0 Å². The molecule has 2 rings (SSSR count). The lowest BCUT2D eigenvalue weighted by Crippen LogP contribution is -1.96. The first-order chi connectivity index (χ1) is 4.97. The largest absolute Gasteiger partial charge is 0.467 e. The average Bonchev–Trinajstić information content (AvgIpc) is 2.05. The first-order valence-corrected chi connectivity index (χ1v) is 3.06. The predicted octanol–water partition coefficient (Wildman–Crippen LogP) is 2.12. The van der Waals surface area contributed by atoms with Crippen molar-refractivity contribution >= 4 is 5.69 Å². The van der Waals surface area contributed by atoms with Crippen molar-refractivity contribution in [3.63, 3.8) is 0 Å². The van der Waals surface area contributed by atoms with Gasteiger partial charge in [0.05, 0.1) is 0 Å². The van der Waals surface area contributed by atoms with Crippen molar-refractivity contribution in [3.8, 4) is 5.75 Å². The molecular weight excluding hydrogens is 128 g/mol. The number of fused-ring (bicyclic) bond motifs is 1. The Kier molecular flexibility index (Phi) is 1.13. The van der Waals surface area contributed by atoms with Crippen LogP contribution >= 0.6 is 0 Å². The minimum Gasteiger partial charge on any atom is -0.467 e. The quantitative estimate of drug-likeness (QED) is 0.535. The number of benzene rings is 1. The Morgan fingerprint density at radius 1 is 1.30 bits per heavy atom. The molecule has 3 nitrogen and oxygen atoms in total. The molecule has 1 aromatic rings. The topological polar surface area (TPSA) is 34.0 Å². The van der Waals surface area contributed by atoms with E-state index in [1.54, 1.807) is 0 Å². The van der Waals surface area contributed by atoms with Crippen LogP contribution in [0, 0.1) is 0 Å². The van der Waals surface area contributed by atoms with Gasteiger partial charge in [-0.3, -0.25) is 0 Å². The summed E-state index contributed by atoms with van der Waals surface area (Å²) >= 11 is 0. The molecule has 1 aliphatic heterocycles. The Bertz CT molecular complexity index is 270. The molecule has 0 saturated carbocycles. The molecule has 0 aromatic heterocycles. The Balaban J connectivity index is 2.54. The van der Waals surface area contributed by atoms with Gasteiger partial charge in [0, 0.05) is 0 Å². The second kappa shape index (κ2) is 2.10. The maximum Gasteiger partial charge on any atom is 0.199 e. The van der Waals surface area contributed by atoms with E-state index in [-0.39, 0.29) is 0 Å². The summed E-state index contributed by atoms with van der Waals surface area (Å²) in [6.45, 7) is 0.344. The highest BCUT2D eigenvalue weighted by molar-refractivity contribution is 5.51. The van der Waals surface area contributed by atoms with Crippen LogP contribution in [0.4, 0.5) is 5.69 Å². The molecule has 50 valence electrons. The number of hydrogen-bond acceptors (Lipinski definition) is 3. The number of ether oxygens (including phenoxy) is 1. The lowest BCUT2D eigenvalue weighted by atomic mass is 10.3. The van der Waals surface area contributed by atoms with Crippen LogP contribution in [0.1, 0.15) is 0 Å². The Labute approximate surface area is 58.4 Å². The van der Waals surface area contributed by atoms with Gasteiger partial charge >= 0.3 is 0 Å². The second-order valence-corrected chi connectivity index (χ2v) is 1.98. The van der Waals surface area contributed by atoms with Crippen LogP contribution in [0.2, 0.25) is 0 Å². The van der Waals surface area contributed by atoms with Gasteiger partial charge in [0.15, 0.2) is 6.73 Å². The molecule has 0 spiro atoms. The maximum atomic E-state index is 5.16. The van der Waals surface area contributed by atoms with Crippen LogP contribution < -0.4 is 4.74 Å². The first-order valence-electron chi connectivity index (χ1n) is 3.06. The van der Waals surface area contributed by atoms with Crippen molar-refractivity contribution in [1.29, 1.82) is 0 Å². The lowest BCUT2D eigenvalue weighted by molar-refractivity contribution is 0.313. The van der Waals surface area contributed by atoms with Crippen LogP contribution in [0.15, 0.2) is 34.5 Å². The van der Waals surface area contributed by atoms with Crippen LogP contribution in [0.3, 0.4) is 0 Å². The highest BCUT2D eigenvalue weighted by Crippen LogP contribution is 2.29. The Hall–Kier alpha value is -1.38. The van der Waals surface area contributed by atoms with Gasteiger partial charge in [-0.1, -0.05) is 12.1 Å². The van der Waals surface area contributed by atoms with E-state index in [1.807, 2.05) is 24.3 Å². The third kappa shape index (κ3) is 0.757. The Morgan fingerprint density at radius 2 is 2.20 bits per heavy atom. The van der Waals surface area contributed by atoms with E-state index in [0.29, 0.717) is 6.73 Å². The van der Waals surface area contributed by atoms with Crippen LogP contribution in [0.25, 0.3) is 0 Å². The standard InChI is InChI=1S/C7H6N2O/c1-2-4-7-6(3-1)9-8-5-10-7/h1-4H,5H2. The molecule has 0 saturated heterocycles. The molecule has 0 bridgehead atoms. The fourth-order valence-electron chi connectivity index (χ4n) is 0.865. The van der Waals surface area contributed by atoms with Crippen molar-refractivity contribution in [1.82, 2.24) is 0 Å². The number of rotatable bonds is 0. The third-order valence-corrected chi connectivity index (χ3v) is 1.32. The molecular formula is C7H6N2O. The molecule has 3 heteroatoms. The number of hydrogen-bond donors (Lipinski definition) is 0. The van der Waals surface area contributed by atoms with Crippen molar-refractivity contribution in [2.75, 3.05) is 6.73 Å². The monoisotopic (exact) mass is 134 g/mol. The third-order valence-electron chi connectivity index (χ3n) is 1.32. The summed E-state index contributed by atoms with van der Waals surface area (Å²) < 4.78 is 5.16. The van der Waals surface area contributed by atoms with Gasteiger partial charge in [0.1, 0.15) is 11.4 Å². The molecule has 1 heterocycles. The van der Waals surface area contributed by atoms with E-state index in [4.69, 9.17) is 4.74 Å². The fraction of sp³-hybridized carbons (Fsp3) is 0.143. The molecule has 1 aliphatic rings. The summed E-state index contributed by atoms with van der Waals surface area (Å²) in [7, 11) is 0. The van der Waals surface area contributed by atoms with Gasteiger partial charge in [0.2, 0.25) is 0 Å². The molecule has 0 fully saturated rings. The normalized spacial score (nSPS) is 14.0. The molecule has 0 amide bonds. The Morgan fingerprint density at radius 3 is 3.10 bits per heavy atom. The summed E-state index contributed by atoms with van der Waals surface area (Å²) in [6, 6.07) is 7.58. The number of nitrogens with zero attached hydrogens (tertiary/aromatic N) is 2. The van der Waals surface area contributed by atoms with E-state index in [2.05, 4.69) is 10.2 Å². The van der Waals surface area contributed by atoms with Crippen LogP contribution in [0.5, 0.6) is 5.75 Å². The lowest BCUT2D eigenvalue weighted by Gasteiger charge is -2.08. The highest BCUT2D eigenvalue weighted by Gasteiger charge is 2.03. The number of azo groups is 1. The van der Waals surface area contributed by atoms with Crippen molar-refractivity contribution < 1.29 is 4.74 Å². The van der Waals surface area contributed by atoms with Gasteiger partial charge in [0.25, 0.3) is 0 Å². The van der Waals surface area contributed by atoms with Crippen molar-refractivity contribution in [3.05, 3.63) is 24.3 Å². The smallest absolute Gasteiger partial charge is 0.199 e. The molecule has 0 N–H and O–H groups in total. The second-order valence-electron chi connectivity index (χ2n) is 1.98. The molecule has 0 atom stereocenters. The van der Waals surface area contributed by atoms with E-state index < -0.39 is 0 Å². The van der Waals surface area contributed by atoms with Gasteiger partial charge in [-0.05, 0) is 12.1 Å². The first kappa shape index (κ1) is 5.41. The molecule has 0 unspecified atom stereocenters. The average molecular weight is 134 g/mol. The fourth-order valence-corrected chi connectivity index (χ4v) is 0.865. The van der Waals surface area contributed by atoms with E-state index in [9.17, 15) is 0 Å². The minimum atomic E-state index is 0.344. The zero-order valence-electron chi connectivity index (χ0n) is 5.32. The summed E-state index contributed by atoms with van der Waals surface area (Å²) in [4.78, 5) is 0. The van der Waals surface area contributed by atoms with E-state index >= 15 is 0 Å². The van der Waals surface area contributed by atoms with Crippen LogP contribution in [-0.4, -0.2) is 6.73 Å². The van der Waals surface area contributed by atoms with Gasteiger partial charge in [-0.25, -0.2) is 0 Å². The summed E-state index contributed by atoms with van der Waals surface area (Å²) in [5, 5.41) is 7.61. The van der Waals surface area contributed by atoms with E-state index in [1.165, 1.54) is 0 Å². The number of para-hydroxylation sites is 1.